The SMILES string of the molecule is COc1ccccc1N=C1NN=C(c2cc(F)ccc2OC)CS1. The van der Waals surface area contributed by atoms with E-state index in [4.69, 9.17) is 9.47 Å². The molecule has 0 fully saturated rings. The summed E-state index contributed by atoms with van der Waals surface area (Å²) in [5.41, 5.74) is 4.96. The lowest BCUT2D eigenvalue weighted by molar-refractivity contribution is 0.412. The van der Waals surface area contributed by atoms with Gasteiger partial charge in [-0.15, -0.1) is 0 Å². The number of amidine groups is 1. The number of aliphatic imine (C=N–C) groups is 1. The van der Waals surface area contributed by atoms with Crippen molar-refractivity contribution in [3.05, 3.63) is 53.8 Å². The Labute approximate surface area is 143 Å². The lowest BCUT2D eigenvalue weighted by atomic mass is 10.1. The van der Waals surface area contributed by atoms with Crippen LogP contribution in [0.25, 0.3) is 0 Å². The van der Waals surface area contributed by atoms with Gasteiger partial charge in [0, 0.05) is 11.3 Å². The second kappa shape index (κ2) is 7.35. The van der Waals surface area contributed by atoms with Gasteiger partial charge in [-0.1, -0.05) is 23.9 Å². The Morgan fingerprint density at radius 3 is 2.62 bits per heavy atom. The molecular formula is C17H16FN3O2S. The summed E-state index contributed by atoms with van der Waals surface area (Å²) in [6.45, 7) is 0. The molecule has 24 heavy (non-hydrogen) atoms. The highest BCUT2D eigenvalue weighted by atomic mass is 32.2. The average Bonchev–Trinajstić information content (AvgIpc) is 2.63. The Hall–Kier alpha value is -2.54. The van der Waals surface area contributed by atoms with E-state index in [1.165, 1.54) is 23.9 Å². The van der Waals surface area contributed by atoms with Crippen molar-refractivity contribution in [1.82, 2.24) is 5.43 Å². The summed E-state index contributed by atoms with van der Waals surface area (Å²) in [4.78, 5) is 4.51. The third kappa shape index (κ3) is 3.51. The normalized spacial score (nSPS) is 15.6. The third-order valence-corrected chi connectivity index (χ3v) is 4.29. The minimum absolute atomic E-state index is 0.327. The predicted molar refractivity (Wildman–Crippen MR) is 95.2 cm³/mol. The summed E-state index contributed by atoms with van der Waals surface area (Å²) < 4.78 is 24.1. The quantitative estimate of drug-likeness (QED) is 0.920. The summed E-state index contributed by atoms with van der Waals surface area (Å²) in [7, 11) is 3.15. The number of hydrogen-bond acceptors (Lipinski definition) is 5. The van der Waals surface area contributed by atoms with Crippen LogP contribution in [0.3, 0.4) is 0 Å². The number of methoxy groups -OCH3 is 2. The molecule has 3 rings (SSSR count). The van der Waals surface area contributed by atoms with Crippen molar-refractivity contribution < 1.29 is 13.9 Å². The highest BCUT2D eigenvalue weighted by molar-refractivity contribution is 8.14. The van der Waals surface area contributed by atoms with Gasteiger partial charge >= 0.3 is 0 Å². The maximum absolute atomic E-state index is 13.5. The van der Waals surface area contributed by atoms with Gasteiger partial charge < -0.3 is 9.47 Å². The molecule has 1 aliphatic heterocycles. The number of para-hydroxylation sites is 2. The van der Waals surface area contributed by atoms with Crippen molar-refractivity contribution in [1.29, 1.82) is 0 Å². The minimum Gasteiger partial charge on any atom is -0.496 e. The van der Waals surface area contributed by atoms with Crippen LogP contribution in [0.4, 0.5) is 10.1 Å². The molecule has 0 aromatic heterocycles. The van der Waals surface area contributed by atoms with E-state index in [2.05, 4.69) is 15.5 Å². The number of ether oxygens (including phenoxy) is 2. The van der Waals surface area contributed by atoms with Crippen molar-refractivity contribution in [2.24, 2.45) is 10.1 Å². The molecule has 1 N–H and O–H groups in total. The molecule has 0 saturated heterocycles. The van der Waals surface area contributed by atoms with Gasteiger partial charge in [0.1, 0.15) is 23.0 Å². The lowest BCUT2D eigenvalue weighted by Crippen LogP contribution is -2.25. The zero-order chi connectivity index (χ0) is 16.9. The summed E-state index contributed by atoms with van der Waals surface area (Å²) in [5, 5.41) is 4.96. The molecule has 7 heteroatoms. The van der Waals surface area contributed by atoms with Crippen LogP contribution < -0.4 is 14.9 Å². The monoisotopic (exact) mass is 345 g/mol. The van der Waals surface area contributed by atoms with E-state index < -0.39 is 0 Å². The van der Waals surface area contributed by atoms with Gasteiger partial charge in [0.15, 0.2) is 5.17 Å². The zero-order valence-electron chi connectivity index (χ0n) is 13.2. The second-order valence-electron chi connectivity index (χ2n) is 4.89. The van der Waals surface area contributed by atoms with E-state index in [0.29, 0.717) is 33.7 Å². The fourth-order valence-corrected chi connectivity index (χ4v) is 3.02. The van der Waals surface area contributed by atoms with Gasteiger partial charge in [-0.25, -0.2) is 9.38 Å². The topological polar surface area (TPSA) is 55.2 Å². The lowest BCUT2D eigenvalue weighted by Gasteiger charge is -2.17. The minimum atomic E-state index is -0.327. The van der Waals surface area contributed by atoms with Gasteiger partial charge in [0.2, 0.25) is 0 Å². The number of nitrogens with one attached hydrogen (secondary N) is 1. The molecule has 0 spiro atoms. The number of halogens is 1. The molecular weight excluding hydrogens is 329 g/mol. The van der Waals surface area contributed by atoms with Crippen LogP contribution in [0.1, 0.15) is 5.56 Å². The fraction of sp³-hybridized carbons (Fsp3) is 0.176. The first kappa shape index (κ1) is 16.3. The molecule has 0 amide bonds. The molecule has 0 radical (unpaired) electrons. The standard InChI is InChI=1S/C17H16FN3O2S/c1-22-15-8-7-11(18)9-12(15)14-10-24-17(21-20-14)19-13-5-3-4-6-16(13)23-2/h3-9H,10H2,1-2H3,(H,19,21). The largest absolute Gasteiger partial charge is 0.496 e. The third-order valence-electron chi connectivity index (χ3n) is 3.41. The van der Waals surface area contributed by atoms with Crippen molar-refractivity contribution in [2.45, 2.75) is 0 Å². The van der Waals surface area contributed by atoms with Crippen LogP contribution in [0, 0.1) is 5.82 Å². The molecule has 0 bridgehead atoms. The van der Waals surface area contributed by atoms with E-state index in [1.807, 2.05) is 24.3 Å². The van der Waals surface area contributed by atoms with Crippen LogP contribution in [0.5, 0.6) is 11.5 Å². The Bertz CT molecular complexity index is 808. The Morgan fingerprint density at radius 1 is 1.12 bits per heavy atom. The average molecular weight is 345 g/mol. The van der Waals surface area contributed by atoms with E-state index in [0.717, 1.165) is 5.69 Å². The number of nitrogens with zero attached hydrogens (tertiary/aromatic N) is 2. The molecule has 5 nitrogen and oxygen atoms in total. The van der Waals surface area contributed by atoms with Crippen LogP contribution in [-0.2, 0) is 0 Å². The number of benzene rings is 2. The Kier molecular flexibility index (Phi) is 5.00. The molecule has 0 atom stereocenters. The molecule has 124 valence electrons. The predicted octanol–water partition coefficient (Wildman–Crippen LogP) is 3.57. The van der Waals surface area contributed by atoms with E-state index in [1.54, 1.807) is 20.3 Å². The van der Waals surface area contributed by atoms with Gasteiger partial charge in [-0.05, 0) is 30.3 Å². The summed E-state index contributed by atoms with van der Waals surface area (Å²) in [6, 6.07) is 11.9. The van der Waals surface area contributed by atoms with Crippen LogP contribution >= 0.6 is 11.8 Å². The van der Waals surface area contributed by atoms with Crippen LogP contribution in [0.2, 0.25) is 0 Å². The van der Waals surface area contributed by atoms with Crippen LogP contribution in [-0.4, -0.2) is 30.9 Å². The number of thioether (sulfide) groups is 1. The van der Waals surface area contributed by atoms with Gasteiger partial charge in [0.05, 0.1) is 19.9 Å². The maximum Gasteiger partial charge on any atom is 0.182 e. The zero-order valence-corrected chi connectivity index (χ0v) is 14.1. The first-order chi connectivity index (χ1) is 11.7. The molecule has 0 unspecified atom stereocenters. The van der Waals surface area contributed by atoms with E-state index in [9.17, 15) is 4.39 Å². The molecule has 0 saturated carbocycles. The summed E-state index contributed by atoms with van der Waals surface area (Å²) in [6.07, 6.45) is 0. The maximum atomic E-state index is 13.5. The van der Waals surface area contributed by atoms with E-state index >= 15 is 0 Å². The fourth-order valence-electron chi connectivity index (χ4n) is 2.25. The molecule has 1 aliphatic rings. The first-order valence-electron chi connectivity index (χ1n) is 7.22. The van der Waals surface area contributed by atoms with Gasteiger partial charge in [-0.3, -0.25) is 5.43 Å². The Morgan fingerprint density at radius 2 is 1.92 bits per heavy atom. The van der Waals surface area contributed by atoms with E-state index in [-0.39, 0.29) is 5.82 Å². The number of rotatable bonds is 4. The van der Waals surface area contributed by atoms with Crippen molar-refractivity contribution in [2.75, 3.05) is 20.0 Å². The van der Waals surface area contributed by atoms with Crippen LogP contribution in [0.15, 0.2) is 52.6 Å². The van der Waals surface area contributed by atoms with Crippen molar-refractivity contribution >= 4 is 28.3 Å². The van der Waals surface area contributed by atoms with Crippen molar-refractivity contribution in [3.63, 3.8) is 0 Å². The number of hydrazone groups is 1. The second-order valence-corrected chi connectivity index (χ2v) is 5.86. The van der Waals surface area contributed by atoms with Gasteiger partial charge in [-0.2, -0.15) is 5.10 Å². The van der Waals surface area contributed by atoms with Crippen molar-refractivity contribution in [3.8, 4) is 11.5 Å². The number of hydrogen-bond donors (Lipinski definition) is 1. The highest BCUT2D eigenvalue weighted by Gasteiger charge is 2.17. The first-order valence-corrected chi connectivity index (χ1v) is 8.21. The molecule has 1 heterocycles. The Balaban J connectivity index is 1.84. The highest BCUT2D eigenvalue weighted by Crippen LogP contribution is 2.29. The molecule has 0 aliphatic carbocycles. The summed E-state index contributed by atoms with van der Waals surface area (Å²) >= 11 is 1.48. The van der Waals surface area contributed by atoms with Gasteiger partial charge in [0.25, 0.3) is 0 Å². The molecule has 2 aromatic carbocycles. The summed E-state index contributed by atoms with van der Waals surface area (Å²) in [5.74, 6) is 1.50. The molecule has 2 aromatic rings. The smallest absolute Gasteiger partial charge is 0.182 e.